The summed E-state index contributed by atoms with van der Waals surface area (Å²) in [6, 6.07) is 3.59. The van der Waals surface area contributed by atoms with E-state index in [1.807, 2.05) is 0 Å². The molecule has 2 aliphatic carbocycles. The van der Waals surface area contributed by atoms with Crippen LogP contribution in [-0.2, 0) is 19.9 Å². The number of hydrogen-bond donors (Lipinski definition) is 0. The molecule has 1 aromatic carbocycles. The molecule has 0 spiro atoms. The normalized spacial score (nSPS) is 20.3. The Morgan fingerprint density at radius 1 is 0.941 bits per heavy atom. The Morgan fingerprint density at radius 2 is 1.59 bits per heavy atom. The largest absolute Gasteiger partial charge is 0.474 e. The predicted octanol–water partition coefficient (Wildman–Crippen LogP) is 2.99. The molecule has 0 bridgehead atoms. The first-order valence-electron chi connectivity index (χ1n) is 11.3. The first-order valence-corrected chi connectivity index (χ1v) is 14.4. The molecular weight excluding hydrogens is 485 g/mol. The van der Waals surface area contributed by atoms with Gasteiger partial charge >= 0.3 is 0 Å². The van der Waals surface area contributed by atoms with Crippen molar-refractivity contribution in [3.8, 4) is 17.5 Å². The molecule has 0 amide bonds. The summed E-state index contributed by atoms with van der Waals surface area (Å²) in [4.78, 5) is 8.16. The van der Waals surface area contributed by atoms with E-state index >= 15 is 0 Å². The fraction of sp³-hybridized carbons (Fsp3) is 0.545. The number of ether oxygens (including phenoxy) is 2. The second-order valence-electron chi connectivity index (χ2n) is 9.01. The van der Waals surface area contributed by atoms with Gasteiger partial charge in [0.15, 0.2) is 21.4 Å². The Kier molecular flexibility index (Phi) is 6.01. The minimum Gasteiger partial charge on any atom is -0.474 e. The van der Waals surface area contributed by atoms with Crippen LogP contribution in [-0.4, -0.2) is 60.8 Å². The predicted molar refractivity (Wildman–Crippen MR) is 121 cm³/mol. The lowest BCUT2D eigenvalue weighted by Crippen LogP contribution is -2.43. The maximum Gasteiger partial charge on any atom is 0.229 e. The molecule has 9 nitrogen and oxygen atoms in total. The topological polar surface area (TPSA) is 116 Å². The zero-order valence-corrected chi connectivity index (χ0v) is 20.3. The van der Waals surface area contributed by atoms with Gasteiger partial charge < -0.3 is 9.47 Å². The van der Waals surface area contributed by atoms with Gasteiger partial charge in [0.05, 0.1) is 21.0 Å². The van der Waals surface area contributed by atoms with Crippen molar-refractivity contribution < 1.29 is 30.7 Å². The minimum atomic E-state index is -3.51. The first-order chi connectivity index (χ1) is 16.2. The Morgan fingerprint density at radius 3 is 2.21 bits per heavy atom. The van der Waals surface area contributed by atoms with E-state index < -0.39 is 30.9 Å². The van der Waals surface area contributed by atoms with Gasteiger partial charge in [0.2, 0.25) is 21.8 Å². The highest BCUT2D eigenvalue weighted by Crippen LogP contribution is 2.36. The van der Waals surface area contributed by atoms with Crippen LogP contribution in [0.1, 0.15) is 44.1 Å². The molecule has 2 saturated carbocycles. The number of aromatic nitrogens is 2. The highest BCUT2D eigenvalue weighted by Gasteiger charge is 2.41. The van der Waals surface area contributed by atoms with Gasteiger partial charge in [-0.15, -0.1) is 0 Å². The zero-order chi connectivity index (χ0) is 24.1. The van der Waals surface area contributed by atoms with Crippen LogP contribution >= 0.6 is 0 Å². The van der Waals surface area contributed by atoms with E-state index in [0.717, 1.165) is 18.9 Å². The van der Waals surface area contributed by atoms with Crippen LogP contribution in [0.25, 0.3) is 0 Å². The van der Waals surface area contributed by atoms with Crippen LogP contribution in [0.5, 0.6) is 17.5 Å². The van der Waals surface area contributed by atoms with E-state index in [1.54, 1.807) is 11.2 Å². The van der Waals surface area contributed by atoms with Crippen molar-refractivity contribution in [1.82, 2.24) is 14.3 Å². The lowest BCUT2D eigenvalue weighted by Gasteiger charge is -2.31. The van der Waals surface area contributed by atoms with Crippen molar-refractivity contribution in [3.05, 3.63) is 35.9 Å². The number of piperidine rings is 1. The number of halogens is 1. The quantitative estimate of drug-likeness (QED) is 0.531. The SMILES string of the molecule is Cc1c(Oc2ccc(S(=O)(=O)C3CC3)cc2F)ncnc1OC1CCN(S(=O)(=O)C2CC2)CC1. The van der Waals surface area contributed by atoms with Crippen molar-refractivity contribution in [2.75, 3.05) is 13.1 Å². The highest BCUT2D eigenvalue weighted by atomic mass is 32.2. The summed E-state index contributed by atoms with van der Waals surface area (Å²) < 4.78 is 77.3. The smallest absolute Gasteiger partial charge is 0.229 e. The van der Waals surface area contributed by atoms with E-state index in [4.69, 9.17) is 9.47 Å². The Bertz CT molecular complexity index is 1300. The highest BCUT2D eigenvalue weighted by molar-refractivity contribution is 7.92. The van der Waals surface area contributed by atoms with Gasteiger partial charge in [-0.25, -0.2) is 35.5 Å². The van der Waals surface area contributed by atoms with Crippen LogP contribution in [0.2, 0.25) is 0 Å². The number of rotatable bonds is 8. The van der Waals surface area contributed by atoms with Crippen molar-refractivity contribution in [1.29, 1.82) is 0 Å². The molecule has 5 rings (SSSR count). The van der Waals surface area contributed by atoms with Crippen LogP contribution in [0.3, 0.4) is 0 Å². The van der Waals surface area contributed by atoms with Crippen molar-refractivity contribution in [2.45, 2.75) is 66.9 Å². The molecular formula is C22H26FN3O6S2. The third-order valence-corrected chi connectivity index (χ3v) is 11.0. The molecule has 2 aromatic rings. The van der Waals surface area contributed by atoms with Gasteiger partial charge in [0.25, 0.3) is 0 Å². The lowest BCUT2D eigenvalue weighted by atomic mass is 10.1. The summed E-state index contributed by atoms with van der Waals surface area (Å²) in [5.74, 6) is -0.579. The summed E-state index contributed by atoms with van der Waals surface area (Å²) in [5, 5.41) is -0.653. The number of sulfone groups is 1. The van der Waals surface area contributed by atoms with Crippen LogP contribution in [0, 0.1) is 12.7 Å². The molecule has 1 aromatic heterocycles. The number of sulfonamides is 1. The molecule has 0 atom stereocenters. The van der Waals surface area contributed by atoms with E-state index in [2.05, 4.69) is 9.97 Å². The number of benzene rings is 1. The number of nitrogens with zero attached hydrogens (tertiary/aromatic N) is 3. The van der Waals surface area contributed by atoms with E-state index in [0.29, 0.717) is 44.3 Å². The van der Waals surface area contributed by atoms with Gasteiger partial charge in [-0.1, -0.05) is 0 Å². The molecule has 0 N–H and O–H groups in total. The standard InChI is InChI=1S/C22H26FN3O6S2/c1-14-21(31-15-8-10-26(11-9-15)34(29,30)17-4-5-17)24-13-25-22(14)32-20-7-6-18(12-19(20)23)33(27,28)16-2-3-16/h6-7,12-13,15-17H,2-5,8-11H2,1H3. The Labute approximate surface area is 198 Å². The average Bonchev–Trinajstić information content (AvgIpc) is 3.70. The fourth-order valence-electron chi connectivity index (χ4n) is 4.00. The van der Waals surface area contributed by atoms with Crippen LogP contribution < -0.4 is 9.47 Å². The van der Waals surface area contributed by atoms with Gasteiger partial charge in [0, 0.05) is 13.1 Å². The van der Waals surface area contributed by atoms with Gasteiger partial charge in [-0.05, 0) is 63.6 Å². The zero-order valence-electron chi connectivity index (χ0n) is 18.7. The molecule has 3 aliphatic rings. The first kappa shape index (κ1) is 23.4. The minimum absolute atomic E-state index is 0.0571. The van der Waals surface area contributed by atoms with Crippen LogP contribution in [0.15, 0.2) is 29.4 Å². The summed E-state index contributed by atoms with van der Waals surface area (Å²) in [6.07, 6.45) is 4.78. The van der Waals surface area contributed by atoms with Crippen LogP contribution in [0.4, 0.5) is 4.39 Å². The maximum absolute atomic E-state index is 14.6. The molecule has 2 heterocycles. The van der Waals surface area contributed by atoms with E-state index in [9.17, 15) is 21.2 Å². The molecule has 1 saturated heterocycles. The molecule has 3 fully saturated rings. The molecule has 0 unspecified atom stereocenters. The Hall–Kier alpha value is -2.31. The van der Waals surface area contributed by atoms with E-state index in [1.165, 1.54) is 18.5 Å². The summed E-state index contributed by atoms with van der Waals surface area (Å²) in [6.45, 7) is 2.48. The van der Waals surface area contributed by atoms with Crippen molar-refractivity contribution in [3.63, 3.8) is 0 Å². The maximum atomic E-state index is 14.6. The third-order valence-electron chi connectivity index (χ3n) is 6.38. The second-order valence-corrected chi connectivity index (χ2v) is 13.4. The third kappa shape index (κ3) is 4.63. The summed E-state index contributed by atoms with van der Waals surface area (Å²) in [7, 11) is -6.70. The van der Waals surface area contributed by atoms with Gasteiger partial charge in [0.1, 0.15) is 12.4 Å². The fourth-order valence-corrected chi connectivity index (χ4v) is 7.54. The molecule has 12 heteroatoms. The number of hydrogen-bond acceptors (Lipinski definition) is 8. The molecule has 184 valence electrons. The van der Waals surface area contributed by atoms with Crippen molar-refractivity contribution in [2.24, 2.45) is 0 Å². The Balaban J connectivity index is 1.25. The summed E-state index contributed by atoms with van der Waals surface area (Å²) in [5.41, 5.74) is 0.463. The van der Waals surface area contributed by atoms with Gasteiger partial charge in [-0.2, -0.15) is 0 Å². The van der Waals surface area contributed by atoms with E-state index in [-0.39, 0.29) is 33.8 Å². The summed E-state index contributed by atoms with van der Waals surface area (Å²) >= 11 is 0. The second kappa shape index (κ2) is 8.72. The van der Waals surface area contributed by atoms with Gasteiger partial charge in [-0.3, -0.25) is 0 Å². The molecule has 1 aliphatic heterocycles. The molecule has 0 radical (unpaired) electrons. The lowest BCUT2D eigenvalue weighted by molar-refractivity contribution is 0.128. The average molecular weight is 512 g/mol. The molecule has 34 heavy (non-hydrogen) atoms. The van der Waals surface area contributed by atoms with Crippen molar-refractivity contribution >= 4 is 19.9 Å². The monoisotopic (exact) mass is 511 g/mol.